The molecule has 5 aromatic rings. The Kier molecular flexibility index (Phi) is 7.74. The number of likely N-dealkylation sites (tertiary alicyclic amines) is 1. The molecule has 0 radical (unpaired) electrons. The Morgan fingerprint density at radius 2 is 1.87 bits per heavy atom. The lowest BCUT2D eigenvalue weighted by Gasteiger charge is -2.35. The number of ether oxygens (including phenoxy) is 2. The molecule has 8 rings (SSSR count). The topological polar surface area (TPSA) is 105 Å². The van der Waals surface area contributed by atoms with Crippen LogP contribution in [0.1, 0.15) is 5.56 Å². The molecule has 2 atom stereocenters. The van der Waals surface area contributed by atoms with Crippen LogP contribution in [0.4, 0.5) is 17.2 Å². The summed E-state index contributed by atoms with van der Waals surface area (Å²) in [4.78, 5) is 28.7. The maximum Gasteiger partial charge on any atom is 0.246 e. The zero-order valence-electron chi connectivity index (χ0n) is 26.7. The monoisotopic (exact) mass is 633 g/mol. The first-order chi connectivity index (χ1) is 23.0. The second-order valence-corrected chi connectivity index (χ2v) is 12.8. The van der Waals surface area contributed by atoms with Crippen LogP contribution in [0, 0.1) is 18.8 Å². The number of imidazole rings is 1. The third-order valence-electron chi connectivity index (χ3n) is 9.67. The molecule has 0 saturated carbocycles. The van der Waals surface area contributed by atoms with Gasteiger partial charge in [-0.3, -0.25) is 9.69 Å². The highest BCUT2D eigenvalue weighted by Crippen LogP contribution is 2.33. The molecule has 2 unspecified atom stereocenters. The van der Waals surface area contributed by atoms with E-state index in [0.717, 1.165) is 90.9 Å². The Morgan fingerprint density at radius 1 is 1.04 bits per heavy atom. The van der Waals surface area contributed by atoms with Crippen LogP contribution < -0.4 is 15.0 Å². The zero-order valence-corrected chi connectivity index (χ0v) is 26.7. The van der Waals surface area contributed by atoms with E-state index in [1.54, 1.807) is 18.7 Å². The first-order valence-corrected chi connectivity index (χ1v) is 16.3. The van der Waals surface area contributed by atoms with Crippen molar-refractivity contribution in [2.45, 2.75) is 6.92 Å². The largest absolute Gasteiger partial charge is 0.457 e. The number of carbonyl (C=O) groups is 1. The summed E-state index contributed by atoms with van der Waals surface area (Å²) >= 11 is 0. The lowest BCUT2D eigenvalue weighted by molar-refractivity contribution is -0.126. The number of nitrogens with one attached hydrogen (secondary N) is 1. The van der Waals surface area contributed by atoms with Gasteiger partial charge in [0.2, 0.25) is 5.91 Å². The summed E-state index contributed by atoms with van der Waals surface area (Å²) in [7, 11) is 1.98. The number of aromatic nitrogens is 5. The Hall–Kier alpha value is -4.94. The third-order valence-corrected chi connectivity index (χ3v) is 9.67. The molecule has 47 heavy (non-hydrogen) atoms. The third kappa shape index (κ3) is 5.90. The molecule has 0 spiro atoms. The highest BCUT2D eigenvalue weighted by atomic mass is 16.5. The van der Waals surface area contributed by atoms with Gasteiger partial charge in [0.1, 0.15) is 23.3 Å². The van der Waals surface area contributed by atoms with Gasteiger partial charge in [0.05, 0.1) is 36.3 Å². The van der Waals surface area contributed by atoms with E-state index in [1.165, 1.54) is 0 Å². The highest BCUT2D eigenvalue weighted by Gasteiger charge is 2.36. The van der Waals surface area contributed by atoms with E-state index in [9.17, 15) is 4.79 Å². The standard InChI is InChI=1S/C35H39N9O3/c1-24-16-27(5-8-32(24)47-28-6-7-30-29(17-28)37-23-40(30)2)39-35-34-31(9-11-44(34)38-22-36-35)42-12-14-43(15-13-42)33(45)4-3-10-41-18-25-20-46-21-26(25)19-41/h3-9,11,16-17,22-23,25-26H,10,12-15,18-21H2,1-2H3,(H,36,38,39)/b4-3+. The van der Waals surface area contributed by atoms with E-state index in [2.05, 4.69) is 42.3 Å². The van der Waals surface area contributed by atoms with Crippen LogP contribution in [0.15, 0.2) is 73.5 Å². The van der Waals surface area contributed by atoms with Crippen molar-refractivity contribution in [1.29, 1.82) is 0 Å². The van der Waals surface area contributed by atoms with Crippen molar-refractivity contribution >= 4 is 39.6 Å². The number of fused-ring (bicyclic) bond motifs is 3. The van der Waals surface area contributed by atoms with Crippen LogP contribution in [0.3, 0.4) is 0 Å². The molecule has 2 aromatic carbocycles. The Balaban J connectivity index is 0.909. The van der Waals surface area contributed by atoms with E-state index in [0.29, 0.717) is 30.7 Å². The minimum Gasteiger partial charge on any atom is -0.457 e. The summed E-state index contributed by atoms with van der Waals surface area (Å²) in [6, 6.07) is 14.0. The second-order valence-electron chi connectivity index (χ2n) is 12.8. The number of hydrogen-bond acceptors (Lipinski definition) is 9. The quantitative estimate of drug-likeness (QED) is 0.251. The summed E-state index contributed by atoms with van der Waals surface area (Å²) in [6.45, 7) is 9.53. The lowest BCUT2D eigenvalue weighted by atomic mass is 10.0. The van der Waals surface area contributed by atoms with Gasteiger partial charge in [0.25, 0.3) is 0 Å². The molecule has 3 fully saturated rings. The highest BCUT2D eigenvalue weighted by molar-refractivity contribution is 5.89. The molecule has 0 aliphatic carbocycles. The lowest BCUT2D eigenvalue weighted by Crippen LogP contribution is -2.48. The minimum atomic E-state index is 0.0832. The van der Waals surface area contributed by atoms with Gasteiger partial charge in [-0.1, -0.05) is 6.08 Å². The Bertz CT molecular complexity index is 1950. The summed E-state index contributed by atoms with van der Waals surface area (Å²) in [5, 5.41) is 7.96. The minimum absolute atomic E-state index is 0.0832. The van der Waals surface area contributed by atoms with Gasteiger partial charge in [-0.25, -0.2) is 14.5 Å². The normalized spacial score (nSPS) is 20.1. The predicted molar refractivity (Wildman–Crippen MR) is 180 cm³/mol. The smallest absolute Gasteiger partial charge is 0.246 e. The average Bonchev–Trinajstić information content (AvgIpc) is 3.87. The number of hydrogen-bond donors (Lipinski definition) is 1. The number of aryl methyl sites for hydroxylation is 2. The molecular formula is C35H39N9O3. The molecule has 3 aromatic heterocycles. The molecular weight excluding hydrogens is 594 g/mol. The zero-order chi connectivity index (χ0) is 31.9. The van der Waals surface area contributed by atoms with Crippen LogP contribution in [-0.4, -0.2) is 98.9 Å². The number of rotatable bonds is 8. The average molecular weight is 634 g/mol. The Morgan fingerprint density at radius 3 is 2.68 bits per heavy atom. The summed E-state index contributed by atoms with van der Waals surface area (Å²) in [5.74, 6) is 3.63. The first kappa shape index (κ1) is 29.5. The molecule has 12 heteroatoms. The molecule has 3 saturated heterocycles. The van der Waals surface area contributed by atoms with E-state index in [-0.39, 0.29) is 5.91 Å². The first-order valence-electron chi connectivity index (χ1n) is 16.3. The van der Waals surface area contributed by atoms with Crippen molar-refractivity contribution in [2.24, 2.45) is 18.9 Å². The van der Waals surface area contributed by atoms with Gasteiger partial charge < -0.3 is 29.2 Å². The molecule has 3 aliphatic heterocycles. The fourth-order valence-corrected chi connectivity index (χ4v) is 7.08. The van der Waals surface area contributed by atoms with Crippen molar-refractivity contribution < 1.29 is 14.3 Å². The van der Waals surface area contributed by atoms with E-state index in [4.69, 9.17) is 9.47 Å². The summed E-state index contributed by atoms with van der Waals surface area (Å²) in [5.41, 5.74) is 5.78. The van der Waals surface area contributed by atoms with Gasteiger partial charge in [0.15, 0.2) is 5.82 Å². The maximum atomic E-state index is 13.0. The number of anilines is 3. The van der Waals surface area contributed by atoms with Crippen LogP contribution in [0.2, 0.25) is 0 Å². The fourth-order valence-electron chi connectivity index (χ4n) is 7.08. The van der Waals surface area contributed by atoms with Crippen molar-refractivity contribution in [3.63, 3.8) is 0 Å². The molecule has 1 N–H and O–H groups in total. The van der Waals surface area contributed by atoms with Gasteiger partial charge >= 0.3 is 0 Å². The predicted octanol–water partition coefficient (Wildman–Crippen LogP) is 4.24. The fraction of sp³-hybridized carbons (Fsp3) is 0.371. The van der Waals surface area contributed by atoms with Gasteiger partial charge in [-0.05, 0) is 48.9 Å². The molecule has 242 valence electrons. The van der Waals surface area contributed by atoms with E-state index in [1.807, 2.05) is 70.6 Å². The number of amides is 1. The second kappa shape index (κ2) is 12.3. The van der Waals surface area contributed by atoms with E-state index >= 15 is 0 Å². The number of carbonyl (C=O) groups excluding carboxylic acids is 1. The molecule has 6 heterocycles. The van der Waals surface area contributed by atoms with Crippen LogP contribution in [0.5, 0.6) is 11.5 Å². The number of nitrogens with zero attached hydrogens (tertiary/aromatic N) is 8. The van der Waals surface area contributed by atoms with Crippen molar-refractivity contribution in [2.75, 3.05) is 69.2 Å². The molecule has 3 aliphatic rings. The van der Waals surface area contributed by atoms with Crippen molar-refractivity contribution in [3.8, 4) is 11.5 Å². The van der Waals surface area contributed by atoms with Gasteiger partial charge in [-0.2, -0.15) is 5.10 Å². The summed E-state index contributed by atoms with van der Waals surface area (Å²) < 4.78 is 15.6. The van der Waals surface area contributed by atoms with Crippen LogP contribution in [-0.2, 0) is 16.6 Å². The SMILES string of the molecule is Cc1cc(Nc2ncnn3ccc(N4CCN(C(=O)/C=C/CN5CC6COCC6C5)CC4)c23)ccc1Oc1ccc2c(c1)ncn2C. The van der Waals surface area contributed by atoms with Crippen LogP contribution >= 0.6 is 0 Å². The number of benzene rings is 2. The van der Waals surface area contributed by atoms with E-state index < -0.39 is 0 Å². The number of piperazine rings is 1. The molecule has 12 nitrogen and oxygen atoms in total. The van der Waals surface area contributed by atoms with Crippen molar-refractivity contribution in [1.82, 2.24) is 33.9 Å². The maximum absolute atomic E-state index is 13.0. The Labute approximate surface area is 273 Å². The molecule has 1 amide bonds. The van der Waals surface area contributed by atoms with Gasteiger partial charge in [-0.15, -0.1) is 0 Å². The van der Waals surface area contributed by atoms with Crippen LogP contribution in [0.25, 0.3) is 16.6 Å². The van der Waals surface area contributed by atoms with Gasteiger partial charge in [0, 0.05) is 88.7 Å². The molecule has 0 bridgehead atoms. The summed E-state index contributed by atoms with van der Waals surface area (Å²) in [6.07, 6.45) is 9.09. The van der Waals surface area contributed by atoms with Crippen molar-refractivity contribution in [3.05, 3.63) is 79.0 Å².